The van der Waals surface area contributed by atoms with E-state index in [0.717, 1.165) is 6.07 Å². The highest BCUT2D eigenvalue weighted by Crippen LogP contribution is 2.36. The highest BCUT2D eigenvalue weighted by atomic mass is 79.9. The molecule has 0 heterocycles. The van der Waals surface area contributed by atoms with Crippen molar-refractivity contribution < 1.29 is 23.4 Å². The standard InChI is InChI=1S/C15H13BrF2O3/c1-20-12-6-9(11(18)7-13(12)21-2)15(19)8-4-3-5-10(17)14(8)16/h3-7,15,19H,1-2H3. The van der Waals surface area contributed by atoms with Crippen LogP contribution in [0.25, 0.3) is 0 Å². The summed E-state index contributed by atoms with van der Waals surface area (Å²) in [5, 5.41) is 10.3. The number of hydrogen-bond acceptors (Lipinski definition) is 3. The van der Waals surface area contributed by atoms with Crippen LogP contribution in [0.5, 0.6) is 11.5 Å². The van der Waals surface area contributed by atoms with E-state index >= 15 is 0 Å². The first-order chi connectivity index (χ1) is 9.99. The first-order valence-electron chi connectivity index (χ1n) is 6.03. The number of aliphatic hydroxyl groups excluding tert-OH is 1. The molecule has 112 valence electrons. The first-order valence-corrected chi connectivity index (χ1v) is 6.82. The topological polar surface area (TPSA) is 38.7 Å². The molecule has 0 saturated carbocycles. The quantitative estimate of drug-likeness (QED) is 0.902. The molecule has 0 aromatic heterocycles. The number of benzene rings is 2. The zero-order chi connectivity index (χ0) is 15.6. The lowest BCUT2D eigenvalue weighted by Crippen LogP contribution is -2.06. The summed E-state index contributed by atoms with van der Waals surface area (Å²) >= 11 is 3.05. The third kappa shape index (κ3) is 3.01. The van der Waals surface area contributed by atoms with Crippen molar-refractivity contribution in [1.82, 2.24) is 0 Å². The smallest absolute Gasteiger partial charge is 0.163 e. The van der Waals surface area contributed by atoms with E-state index < -0.39 is 17.7 Å². The predicted octanol–water partition coefficient (Wildman–Crippen LogP) is 3.83. The average molecular weight is 359 g/mol. The van der Waals surface area contributed by atoms with Crippen LogP contribution in [0.4, 0.5) is 8.78 Å². The molecule has 2 aromatic carbocycles. The molecule has 0 spiro atoms. The third-order valence-corrected chi connectivity index (χ3v) is 3.91. The predicted molar refractivity (Wildman–Crippen MR) is 77.7 cm³/mol. The average Bonchev–Trinajstić information content (AvgIpc) is 2.49. The molecule has 0 bridgehead atoms. The maximum absolute atomic E-state index is 14.1. The summed E-state index contributed by atoms with van der Waals surface area (Å²) in [7, 11) is 2.79. The fourth-order valence-corrected chi connectivity index (χ4v) is 2.46. The van der Waals surface area contributed by atoms with Crippen molar-refractivity contribution in [3.05, 3.63) is 57.6 Å². The Hall–Kier alpha value is -1.66. The Bertz CT molecular complexity index is 662. The van der Waals surface area contributed by atoms with Crippen LogP contribution in [-0.2, 0) is 0 Å². The van der Waals surface area contributed by atoms with Gasteiger partial charge >= 0.3 is 0 Å². The highest BCUT2D eigenvalue weighted by Gasteiger charge is 2.21. The summed E-state index contributed by atoms with van der Waals surface area (Å²) in [6.45, 7) is 0. The van der Waals surface area contributed by atoms with Crippen molar-refractivity contribution in [2.75, 3.05) is 14.2 Å². The molecule has 1 atom stereocenters. The molecule has 6 heteroatoms. The number of rotatable bonds is 4. The number of ether oxygens (including phenoxy) is 2. The molecule has 0 aliphatic carbocycles. The molecule has 0 aliphatic heterocycles. The molecule has 3 nitrogen and oxygen atoms in total. The Balaban J connectivity index is 2.53. The molecule has 0 aliphatic rings. The second-order valence-corrected chi connectivity index (χ2v) is 5.07. The maximum Gasteiger partial charge on any atom is 0.163 e. The zero-order valence-corrected chi connectivity index (χ0v) is 12.9. The molecule has 1 unspecified atom stereocenters. The Morgan fingerprint density at radius 1 is 1.00 bits per heavy atom. The Kier molecular flexibility index (Phi) is 4.80. The fourth-order valence-electron chi connectivity index (χ4n) is 1.98. The number of halogens is 3. The van der Waals surface area contributed by atoms with Crippen molar-refractivity contribution in [2.24, 2.45) is 0 Å². The van der Waals surface area contributed by atoms with Crippen LogP contribution < -0.4 is 9.47 Å². The molecule has 2 aromatic rings. The molecule has 0 fully saturated rings. The van der Waals surface area contributed by atoms with Gasteiger partial charge in [-0.2, -0.15) is 0 Å². The van der Waals surface area contributed by atoms with Gasteiger partial charge < -0.3 is 14.6 Å². The number of hydrogen-bond donors (Lipinski definition) is 1. The highest BCUT2D eigenvalue weighted by molar-refractivity contribution is 9.10. The normalized spacial score (nSPS) is 12.1. The second kappa shape index (κ2) is 6.41. The van der Waals surface area contributed by atoms with Gasteiger partial charge in [0.05, 0.1) is 18.7 Å². The van der Waals surface area contributed by atoms with Gasteiger partial charge in [-0.1, -0.05) is 12.1 Å². The maximum atomic E-state index is 14.1. The van der Waals surface area contributed by atoms with Gasteiger partial charge in [0.2, 0.25) is 0 Å². The van der Waals surface area contributed by atoms with Crippen LogP contribution in [0, 0.1) is 11.6 Å². The summed E-state index contributed by atoms with van der Waals surface area (Å²) in [6.07, 6.45) is -1.34. The molecule has 1 N–H and O–H groups in total. The Labute approximate surface area is 129 Å². The molecule has 2 rings (SSSR count). The van der Waals surface area contributed by atoms with Gasteiger partial charge in [0.1, 0.15) is 17.7 Å². The molecule has 21 heavy (non-hydrogen) atoms. The van der Waals surface area contributed by atoms with Gasteiger partial charge in [-0.25, -0.2) is 8.78 Å². The van der Waals surface area contributed by atoms with Crippen LogP contribution in [0.2, 0.25) is 0 Å². The van der Waals surface area contributed by atoms with Crippen molar-refractivity contribution in [1.29, 1.82) is 0 Å². The van der Waals surface area contributed by atoms with Crippen LogP contribution in [0.3, 0.4) is 0 Å². The van der Waals surface area contributed by atoms with E-state index in [9.17, 15) is 13.9 Å². The van der Waals surface area contributed by atoms with Crippen molar-refractivity contribution in [3.8, 4) is 11.5 Å². The van der Waals surface area contributed by atoms with Gasteiger partial charge in [0, 0.05) is 17.2 Å². The van der Waals surface area contributed by atoms with E-state index in [1.165, 1.54) is 38.5 Å². The molecular weight excluding hydrogens is 346 g/mol. The van der Waals surface area contributed by atoms with Gasteiger partial charge in [0.25, 0.3) is 0 Å². The summed E-state index contributed by atoms with van der Waals surface area (Å²) in [5.41, 5.74) is 0.195. The van der Waals surface area contributed by atoms with E-state index in [2.05, 4.69) is 15.9 Å². The van der Waals surface area contributed by atoms with Crippen molar-refractivity contribution in [2.45, 2.75) is 6.10 Å². The fraction of sp³-hybridized carbons (Fsp3) is 0.200. The summed E-state index contributed by atoms with van der Waals surface area (Å²) in [6, 6.07) is 6.64. The number of methoxy groups -OCH3 is 2. The lowest BCUT2D eigenvalue weighted by Gasteiger charge is -2.17. The van der Waals surface area contributed by atoms with Crippen molar-refractivity contribution in [3.63, 3.8) is 0 Å². The summed E-state index contributed by atoms with van der Waals surface area (Å²) in [5.74, 6) is -0.714. The van der Waals surface area contributed by atoms with Crippen molar-refractivity contribution >= 4 is 15.9 Å². The van der Waals surface area contributed by atoms with Gasteiger partial charge in [-0.15, -0.1) is 0 Å². The SMILES string of the molecule is COc1cc(F)c(C(O)c2cccc(F)c2Br)cc1OC. The largest absolute Gasteiger partial charge is 0.493 e. The van der Waals surface area contributed by atoms with E-state index in [-0.39, 0.29) is 27.1 Å². The monoisotopic (exact) mass is 358 g/mol. The molecular formula is C15H13BrF2O3. The van der Waals surface area contributed by atoms with Crippen LogP contribution in [0.15, 0.2) is 34.8 Å². The van der Waals surface area contributed by atoms with Crippen LogP contribution in [0.1, 0.15) is 17.2 Å². The van der Waals surface area contributed by atoms with Crippen LogP contribution in [-0.4, -0.2) is 19.3 Å². The van der Waals surface area contributed by atoms with E-state index in [1.54, 1.807) is 0 Å². The van der Waals surface area contributed by atoms with Gasteiger partial charge in [0.15, 0.2) is 11.5 Å². The summed E-state index contributed by atoms with van der Waals surface area (Å²) < 4.78 is 37.8. The second-order valence-electron chi connectivity index (χ2n) is 4.27. The van der Waals surface area contributed by atoms with Gasteiger partial charge in [-0.05, 0) is 28.1 Å². The van der Waals surface area contributed by atoms with Gasteiger partial charge in [-0.3, -0.25) is 0 Å². The Morgan fingerprint density at radius 3 is 2.24 bits per heavy atom. The van der Waals surface area contributed by atoms with E-state index in [1.807, 2.05) is 0 Å². The molecule has 0 amide bonds. The number of aliphatic hydroxyl groups is 1. The minimum atomic E-state index is -1.34. The molecule has 0 radical (unpaired) electrons. The van der Waals surface area contributed by atoms with Crippen LogP contribution >= 0.6 is 15.9 Å². The minimum Gasteiger partial charge on any atom is -0.493 e. The van der Waals surface area contributed by atoms with E-state index in [4.69, 9.17) is 9.47 Å². The Morgan fingerprint density at radius 2 is 1.62 bits per heavy atom. The lowest BCUT2D eigenvalue weighted by molar-refractivity contribution is 0.212. The van der Waals surface area contributed by atoms with E-state index in [0.29, 0.717) is 0 Å². The zero-order valence-electron chi connectivity index (χ0n) is 11.4. The lowest BCUT2D eigenvalue weighted by atomic mass is 10.0. The summed E-state index contributed by atoms with van der Waals surface area (Å²) in [4.78, 5) is 0. The third-order valence-electron chi connectivity index (χ3n) is 3.07. The first kappa shape index (κ1) is 15.7. The molecule has 0 saturated heterocycles. The minimum absolute atomic E-state index is 0.0287.